The molecule has 17 nitrogen and oxygen atoms in total. The minimum absolute atomic E-state index is 0.0451. The Bertz CT molecular complexity index is 1680. The predicted octanol–water partition coefficient (Wildman–Crippen LogP) is 7.34. The molecule has 20 heteroatoms. The molecule has 1 N–H and O–H groups in total. The Morgan fingerprint density at radius 1 is 0.755 bits per heavy atom. The van der Waals surface area contributed by atoms with Gasteiger partial charge in [0, 0.05) is 39.0 Å². The van der Waals surface area contributed by atoms with Crippen molar-refractivity contribution in [2.24, 2.45) is 0 Å². The third kappa shape index (κ3) is 16.2. The number of likely N-dealkylation sites (tertiary alicyclic amines) is 2. The topological polar surface area (TPSA) is 218 Å². The number of ether oxygens (including phenoxy) is 3. The molecule has 0 radical (unpaired) electrons. The second-order valence-electron chi connectivity index (χ2n) is 14.0. The first-order valence-electron chi connectivity index (χ1n) is 16.4. The number of halogens is 2. The van der Waals surface area contributed by atoms with Gasteiger partial charge in [0.05, 0.1) is 22.2 Å². The summed E-state index contributed by atoms with van der Waals surface area (Å²) < 4.78 is 43.2. The summed E-state index contributed by atoms with van der Waals surface area (Å²) in [5, 5.41) is 30.3. The standard InChI is InChI=1S/C16H21ClN2O5.C11H21NO5S.C6H4ClNO3/c1-16(2,3)24-15(20)18-9-7-11(8-10-18)23-13-6-4-5-12(17)14(13)19(21)22;1-11(2,3)16-10(13)12-7-5-9(6-8-12)17-18(4,14)15;7-4-2-1-3-5(9)6(4)8(10)11/h4-6,11H,7-10H2,1-3H3;9H,5-8H2,1-4H3;1-3,9H. The van der Waals surface area contributed by atoms with Gasteiger partial charge in [-0.05, 0) is 78.6 Å². The lowest BCUT2D eigenvalue weighted by Gasteiger charge is -2.33. The lowest BCUT2D eigenvalue weighted by atomic mass is 10.1. The molecule has 4 rings (SSSR count). The first-order chi connectivity index (χ1) is 24.4. The van der Waals surface area contributed by atoms with E-state index in [4.69, 9.17) is 46.7 Å². The van der Waals surface area contributed by atoms with Crippen LogP contribution in [0.4, 0.5) is 21.0 Å². The second-order valence-corrected chi connectivity index (χ2v) is 16.4. The van der Waals surface area contributed by atoms with E-state index in [0.717, 1.165) is 6.26 Å². The lowest BCUT2D eigenvalue weighted by molar-refractivity contribution is -0.386. The molecule has 2 fully saturated rings. The summed E-state index contributed by atoms with van der Waals surface area (Å²) in [7, 11) is -3.42. The summed E-state index contributed by atoms with van der Waals surface area (Å²) in [6, 6.07) is 8.59. The highest BCUT2D eigenvalue weighted by atomic mass is 35.5. The van der Waals surface area contributed by atoms with Crippen LogP contribution >= 0.6 is 23.2 Å². The quantitative estimate of drug-likeness (QED) is 0.172. The van der Waals surface area contributed by atoms with Crippen molar-refractivity contribution < 1.29 is 51.4 Å². The van der Waals surface area contributed by atoms with E-state index in [1.165, 1.54) is 30.3 Å². The van der Waals surface area contributed by atoms with E-state index < -0.39 is 42.6 Å². The molecule has 2 aromatic carbocycles. The molecule has 2 aromatic rings. The van der Waals surface area contributed by atoms with Gasteiger partial charge in [-0.3, -0.25) is 24.4 Å². The van der Waals surface area contributed by atoms with Gasteiger partial charge >= 0.3 is 23.6 Å². The van der Waals surface area contributed by atoms with Crippen molar-refractivity contribution in [1.82, 2.24) is 9.80 Å². The van der Waals surface area contributed by atoms with Gasteiger partial charge < -0.3 is 29.1 Å². The number of piperidine rings is 2. The van der Waals surface area contributed by atoms with Crippen LogP contribution in [-0.4, -0.2) is 101 Å². The highest BCUT2D eigenvalue weighted by Crippen LogP contribution is 2.36. The van der Waals surface area contributed by atoms with E-state index in [-0.39, 0.29) is 45.9 Å². The van der Waals surface area contributed by atoms with Gasteiger partial charge in [-0.2, -0.15) is 8.42 Å². The molecule has 2 amide bonds. The van der Waals surface area contributed by atoms with Gasteiger partial charge in [-0.1, -0.05) is 35.3 Å². The molecule has 2 saturated heterocycles. The summed E-state index contributed by atoms with van der Waals surface area (Å²) in [4.78, 5) is 47.0. The van der Waals surface area contributed by atoms with Crippen molar-refractivity contribution in [1.29, 1.82) is 0 Å². The largest absolute Gasteiger partial charge is 0.502 e. The number of hydrogen-bond acceptors (Lipinski definition) is 13. The molecule has 2 aliphatic rings. The Labute approximate surface area is 318 Å². The van der Waals surface area contributed by atoms with Gasteiger partial charge in [0.1, 0.15) is 27.4 Å². The molecule has 0 spiro atoms. The first kappa shape index (κ1) is 45.0. The van der Waals surface area contributed by atoms with Crippen molar-refractivity contribution in [3.63, 3.8) is 0 Å². The summed E-state index contributed by atoms with van der Waals surface area (Å²) in [5.74, 6) is -0.259. The normalized spacial score (nSPS) is 15.6. The first-order valence-corrected chi connectivity index (χ1v) is 19.0. The van der Waals surface area contributed by atoms with Crippen molar-refractivity contribution in [2.45, 2.75) is 90.6 Å². The molecule has 296 valence electrons. The third-order valence-corrected chi connectivity index (χ3v) is 8.30. The molecular weight excluding hydrogens is 763 g/mol. The highest BCUT2D eigenvalue weighted by molar-refractivity contribution is 7.86. The monoisotopic (exact) mass is 808 g/mol. The van der Waals surface area contributed by atoms with Crippen LogP contribution in [0.2, 0.25) is 10.0 Å². The number of phenols is 1. The van der Waals surface area contributed by atoms with Crippen LogP contribution in [0, 0.1) is 20.2 Å². The smallest absolute Gasteiger partial charge is 0.410 e. The Balaban J connectivity index is 0.000000295. The van der Waals surface area contributed by atoms with Crippen LogP contribution < -0.4 is 4.74 Å². The maximum absolute atomic E-state index is 12.0. The maximum atomic E-state index is 12.0. The number of carbonyl (C=O) groups excluding carboxylic acids is 2. The van der Waals surface area contributed by atoms with Crippen LogP contribution in [0.25, 0.3) is 0 Å². The number of nitro groups is 2. The van der Waals surface area contributed by atoms with Crippen LogP contribution in [0.3, 0.4) is 0 Å². The van der Waals surface area contributed by atoms with Crippen molar-refractivity contribution in [3.8, 4) is 11.5 Å². The number of benzene rings is 2. The number of aromatic hydroxyl groups is 1. The van der Waals surface area contributed by atoms with Crippen molar-refractivity contribution in [2.75, 3.05) is 32.4 Å². The zero-order valence-electron chi connectivity index (χ0n) is 30.6. The highest BCUT2D eigenvalue weighted by Gasteiger charge is 2.31. The van der Waals surface area contributed by atoms with E-state index in [1.807, 2.05) is 41.5 Å². The zero-order valence-corrected chi connectivity index (χ0v) is 32.9. The molecule has 0 bridgehead atoms. The molecule has 0 saturated carbocycles. The van der Waals surface area contributed by atoms with Crippen LogP contribution in [0.5, 0.6) is 11.5 Å². The van der Waals surface area contributed by atoms with Gasteiger partial charge in [-0.25, -0.2) is 9.59 Å². The fourth-order valence-electron chi connectivity index (χ4n) is 4.82. The summed E-state index contributed by atoms with van der Waals surface area (Å²) >= 11 is 11.3. The Kier molecular flexibility index (Phi) is 16.4. The fourth-order valence-corrected chi connectivity index (χ4v) is 5.98. The van der Waals surface area contributed by atoms with Gasteiger partial charge in [0.25, 0.3) is 10.1 Å². The Morgan fingerprint density at radius 2 is 1.15 bits per heavy atom. The van der Waals surface area contributed by atoms with Crippen LogP contribution in [0.1, 0.15) is 67.2 Å². The molecular formula is C33H46Cl2N4O13S. The average Bonchev–Trinajstić information content (AvgIpc) is 2.99. The van der Waals surface area contributed by atoms with E-state index in [2.05, 4.69) is 0 Å². The number of carbonyl (C=O) groups is 2. The maximum Gasteiger partial charge on any atom is 0.410 e. The molecule has 0 aromatic heterocycles. The van der Waals surface area contributed by atoms with E-state index in [1.54, 1.807) is 15.9 Å². The average molecular weight is 810 g/mol. The van der Waals surface area contributed by atoms with Crippen LogP contribution in [-0.2, 0) is 23.8 Å². The number of para-hydroxylation sites is 2. The van der Waals surface area contributed by atoms with Gasteiger partial charge in [0.2, 0.25) is 0 Å². The zero-order chi connectivity index (χ0) is 40.3. The van der Waals surface area contributed by atoms with Crippen LogP contribution in [0.15, 0.2) is 36.4 Å². The molecule has 2 heterocycles. The lowest BCUT2D eigenvalue weighted by Crippen LogP contribution is -2.44. The number of phenolic OH excluding ortho intramolecular Hbond substituents is 1. The number of amides is 2. The van der Waals surface area contributed by atoms with Gasteiger partial charge in [0.15, 0.2) is 11.5 Å². The molecule has 0 aliphatic carbocycles. The Hall–Kier alpha value is -4.13. The van der Waals surface area contributed by atoms with E-state index in [0.29, 0.717) is 51.9 Å². The Morgan fingerprint density at radius 3 is 1.51 bits per heavy atom. The number of nitro benzene ring substituents is 2. The number of hydrogen-bond donors (Lipinski definition) is 1. The minimum Gasteiger partial charge on any atom is -0.502 e. The summed E-state index contributed by atoms with van der Waals surface area (Å²) in [5.41, 5.74) is -1.73. The predicted molar refractivity (Wildman–Crippen MR) is 196 cm³/mol. The van der Waals surface area contributed by atoms with Crippen molar-refractivity contribution >= 4 is 56.9 Å². The molecule has 0 unspecified atom stereocenters. The minimum atomic E-state index is -3.42. The summed E-state index contributed by atoms with van der Waals surface area (Å²) in [6.45, 7) is 12.8. The molecule has 53 heavy (non-hydrogen) atoms. The number of rotatable bonds is 6. The summed E-state index contributed by atoms with van der Waals surface area (Å²) in [6.07, 6.45) is 1.94. The SMILES string of the molecule is CC(C)(C)OC(=O)N1CCC(OS(C)(=O)=O)CC1.CC(C)(C)OC(=O)N1CCC(Oc2cccc(Cl)c2[N+](=O)[O-])CC1.O=[N+]([O-])c1c(O)cccc1Cl. The fraction of sp³-hybridized carbons (Fsp3) is 0.576. The molecule has 2 aliphatic heterocycles. The van der Waals surface area contributed by atoms with E-state index >= 15 is 0 Å². The molecule has 0 atom stereocenters. The second kappa shape index (κ2) is 19.3. The van der Waals surface area contributed by atoms with Gasteiger partial charge in [-0.15, -0.1) is 0 Å². The van der Waals surface area contributed by atoms with E-state index in [9.17, 15) is 38.2 Å². The third-order valence-electron chi connectivity index (χ3n) is 7.07. The number of nitrogens with zero attached hydrogens (tertiary/aromatic N) is 4. The van der Waals surface area contributed by atoms with Crippen molar-refractivity contribution in [3.05, 3.63) is 66.7 Å².